The van der Waals surface area contributed by atoms with E-state index in [1.54, 1.807) is 0 Å². The van der Waals surface area contributed by atoms with E-state index in [4.69, 9.17) is 52.1 Å². The van der Waals surface area contributed by atoms with Crippen LogP contribution in [0.2, 0.25) is 0 Å². The number of hydrogen-bond acceptors (Lipinski definition) is 13. The first kappa shape index (κ1) is 46.0. The van der Waals surface area contributed by atoms with Crippen molar-refractivity contribution in [3.63, 3.8) is 0 Å². The minimum absolute atomic E-state index is 0.0333. The molecule has 0 heterocycles. The van der Waals surface area contributed by atoms with Gasteiger partial charge in [-0.25, -0.2) is 9.59 Å². The first-order chi connectivity index (χ1) is 26.8. The van der Waals surface area contributed by atoms with Gasteiger partial charge in [0.05, 0.1) is 119 Å². The van der Waals surface area contributed by atoms with Crippen molar-refractivity contribution in [2.45, 2.75) is 32.3 Å². The fourth-order valence-corrected chi connectivity index (χ4v) is 5.28. The molecule has 0 bridgehead atoms. The van der Waals surface area contributed by atoms with Gasteiger partial charge in [0.25, 0.3) is 0 Å². The molecule has 0 unspecified atom stereocenters. The van der Waals surface area contributed by atoms with Crippen molar-refractivity contribution in [1.82, 2.24) is 10.6 Å². The van der Waals surface area contributed by atoms with Crippen molar-refractivity contribution in [3.05, 3.63) is 59.7 Å². The van der Waals surface area contributed by atoms with Gasteiger partial charge in [-0.05, 0) is 43.0 Å². The van der Waals surface area contributed by atoms with Crippen molar-refractivity contribution in [1.29, 1.82) is 0 Å². The summed E-state index contributed by atoms with van der Waals surface area (Å²) in [7, 11) is 0. The van der Waals surface area contributed by atoms with E-state index < -0.39 is 17.8 Å². The van der Waals surface area contributed by atoms with Gasteiger partial charge in [0, 0.05) is 19.0 Å². The van der Waals surface area contributed by atoms with E-state index in [2.05, 4.69) is 34.9 Å². The highest BCUT2D eigenvalue weighted by molar-refractivity contribution is 5.79. The Hall–Kier alpha value is -3.38. The lowest BCUT2D eigenvalue weighted by molar-refractivity contribution is -0.0249. The standard InChI is InChI=1S/C40H62N2O13/c1-40(2,3)55-39(44)42-13-15-46-17-19-48-21-23-50-25-27-52-29-31-53-30-28-51-26-24-49-22-20-47-18-16-45-14-12-41-38(43)54-32-37-35-10-6-4-8-33(35)34-9-5-7-11-36(34)37/h4-11,37H,12-32H2,1-3H3,(H,41,43)(H,42,44). The van der Waals surface area contributed by atoms with E-state index in [9.17, 15) is 9.59 Å². The molecule has 2 N–H and O–H groups in total. The van der Waals surface area contributed by atoms with E-state index in [0.29, 0.717) is 132 Å². The van der Waals surface area contributed by atoms with Gasteiger partial charge in [-0.15, -0.1) is 0 Å². The van der Waals surface area contributed by atoms with Crippen LogP contribution in [0.4, 0.5) is 9.59 Å². The molecule has 15 nitrogen and oxygen atoms in total. The molecule has 0 atom stereocenters. The Morgan fingerprint density at radius 1 is 0.473 bits per heavy atom. The van der Waals surface area contributed by atoms with Gasteiger partial charge in [-0.2, -0.15) is 0 Å². The Kier molecular flexibility index (Phi) is 24.2. The highest BCUT2D eigenvalue weighted by Gasteiger charge is 2.29. The highest BCUT2D eigenvalue weighted by atomic mass is 16.6. The lowest BCUT2D eigenvalue weighted by Crippen LogP contribution is -2.34. The van der Waals surface area contributed by atoms with Crippen LogP contribution in [0.3, 0.4) is 0 Å². The maximum absolute atomic E-state index is 12.2. The van der Waals surface area contributed by atoms with Crippen LogP contribution in [0.25, 0.3) is 11.1 Å². The van der Waals surface area contributed by atoms with Gasteiger partial charge in [0.15, 0.2) is 0 Å². The van der Waals surface area contributed by atoms with Crippen LogP contribution in [0.1, 0.15) is 37.8 Å². The number of carbonyl (C=O) groups excluding carboxylic acids is 2. The number of fused-ring (bicyclic) bond motifs is 3. The molecule has 3 rings (SSSR count). The molecular formula is C40H62N2O13. The molecule has 310 valence electrons. The molecular weight excluding hydrogens is 716 g/mol. The summed E-state index contributed by atoms with van der Waals surface area (Å²) in [5.41, 5.74) is 4.24. The molecule has 15 heteroatoms. The second kappa shape index (κ2) is 28.9. The third kappa shape index (κ3) is 21.5. The normalized spacial score (nSPS) is 12.3. The van der Waals surface area contributed by atoms with E-state index in [-0.39, 0.29) is 12.5 Å². The number of nitrogens with one attached hydrogen (secondary N) is 2. The second-order valence-corrected chi connectivity index (χ2v) is 13.2. The third-order valence-electron chi connectivity index (χ3n) is 7.75. The molecule has 0 saturated carbocycles. The molecule has 0 aromatic heterocycles. The molecule has 0 radical (unpaired) electrons. The first-order valence-electron chi connectivity index (χ1n) is 19.1. The molecule has 0 saturated heterocycles. The number of ether oxygens (including phenoxy) is 11. The second-order valence-electron chi connectivity index (χ2n) is 13.2. The number of hydrogen-bond donors (Lipinski definition) is 2. The van der Waals surface area contributed by atoms with Crippen molar-refractivity contribution >= 4 is 12.2 Å². The van der Waals surface area contributed by atoms with Gasteiger partial charge >= 0.3 is 12.2 Å². The predicted octanol–water partition coefficient (Wildman–Crippen LogP) is 4.20. The van der Waals surface area contributed by atoms with E-state index in [1.807, 2.05) is 45.0 Å². The van der Waals surface area contributed by atoms with Crippen molar-refractivity contribution in [2.24, 2.45) is 0 Å². The van der Waals surface area contributed by atoms with Gasteiger partial charge < -0.3 is 62.7 Å². The molecule has 55 heavy (non-hydrogen) atoms. The number of benzene rings is 2. The van der Waals surface area contributed by atoms with Gasteiger partial charge in [-0.3, -0.25) is 0 Å². The number of rotatable bonds is 32. The van der Waals surface area contributed by atoms with E-state index in [0.717, 1.165) is 0 Å². The maximum Gasteiger partial charge on any atom is 0.407 e. The molecule has 1 aliphatic carbocycles. The predicted molar refractivity (Wildman–Crippen MR) is 205 cm³/mol. The molecule has 0 fully saturated rings. The first-order valence-corrected chi connectivity index (χ1v) is 19.1. The average molecular weight is 779 g/mol. The number of carbonyl (C=O) groups is 2. The molecule has 2 aromatic rings. The minimum Gasteiger partial charge on any atom is -0.449 e. The van der Waals surface area contributed by atoms with Crippen LogP contribution >= 0.6 is 0 Å². The Bertz CT molecular complexity index is 1260. The SMILES string of the molecule is CC(C)(C)OC(=O)NCCOCCOCCOCCOCCOCCOCCOCCOCCOCCNC(=O)OCC1c2ccccc2-c2ccccc21. The Balaban J connectivity index is 0.954. The summed E-state index contributed by atoms with van der Waals surface area (Å²) in [6, 6.07) is 16.5. The summed E-state index contributed by atoms with van der Waals surface area (Å²) < 4.78 is 60.0. The zero-order chi connectivity index (χ0) is 39.2. The summed E-state index contributed by atoms with van der Waals surface area (Å²) in [6.45, 7) is 14.6. The van der Waals surface area contributed by atoms with Crippen LogP contribution in [-0.2, 0) is 52.1 Å². The fraction of sp³-hybridized carbons (Fsp3) is 0.650. The van der Waals surface area contributed by atoms with Crippen LogP contribution in [0, 0.1) is 0 Å². The molecule has 0 aliphatic heterocycles. The van der Waals surface area contributed by atoms with E-state index >= 15 is 0 Å². The summed E-state index contributed by atoms with van der Waals surface area (Å²) in [5, 5.41) is 5.37. The summed E-state index contributed by atoms with van der Waals surface area (Å²) in [6.07, 6.45) is -0.912. The summed E-state index contributed by atoms with van der Waals surface area (Å²) in [4.78, 5) is 23.8. The fourth-order valence-electron chi connectivity index (χ4n) is 5.28. The molecule has 2 amide bonds. The van der Waals surface area contributed by atoms with Crippen molar-refractivity contribution < 1.29 is 61.7 Å². The largest absolute Gasteiger partial charge is 0.449 e. The lowest BCUT2D eigenvalue weighted by atomic mass is 9.98. The zero-order valence-electron chi connectivity index (χ0n) is 32.9. The minimum atomic E-state index is -0.517. The molecule has 1 aliphatic rings. The monoisotopic (exact) mass is 778 g/mol. The topological polar surface area (TPSA) is 160 Å². The van der Waals surface area contributed by atoms with Gasteiger partial charge in [0.2, 0.25) is 0 Å². The number of amides is 2. The van der Waals surface area contributed by atoms with E-state index in [1.165, 1.54) is 22.3 Å². The highest BCUT2D eigenvalue weighted by Crippen LogP contribution is 2.44. The lowest BCUT2D eigenvalue weighted by Gasteiger charge is -2.19. The Labute approximate surface area is 325 Å². The van der Waals surface area contributed by atoms with Crippen LogP contribution in [-0.4, -0.2) is 156 Å². The average Bonchev–Trinajstić information content (AvgIpc) is 3.48. The third-order valence-corrected chi connectivity index (χ3v) is 7.75. The van der Waals surface area contributed by atoms with Gasteiger partial charge in [0.1, 0.15) is 12.2 Å². The van der Waals surface area contributed by atoms with Crippen molar-refractivity contribution in [2.75, 3.05) is 139 Å². The van der Waals surface area contributed by atoms with Crippen LogP contribution in [0.5, 0.6) is 0 Å². The summed E-state index contributed by atoms with van der Waals surface area (Å²) in [5.74, 6) is 0.0333. The Morgan fingerprint density at radius 3 is 1.13 bits per heavy atom. The molecule has 2 aromatic carbocycles. The van der Waals surface area contributed by atoms with Crippen LogP contribution in [0.15, 0.2) is 48.5 Å². The smallest absolute Gasteiger partial charge is 0.407 e. The maximum atomic E-state index is 12.2. The van der Waals surface area contributed by atoms with Gasteiger partial charge in [-0.1, -0.05) is 48.5 Å². The number of alkyl carbamates (subject to hydrolysis) is 2. The van der Waals surface area contributed by atoms with Crippen LogP contribution < -0.4 is 10.6 Å². The quantitative estimate of drug-likeness (QED) is 0.102. The molecule has 0 spiro atoms. The summed E-state index contributed by atoms with van der Waals surface area (Å²) >= 11 is 0. The Morgan fingerprint density at radius 2 is 0.782 bits per heavy atom. The zero-order valence-corrected chi connectivity index (χ0v) is 32.9. The van der Waals surface area contributed by atoms with Crippen molar-refractivity contribution in [3.8, 4) is 11.1 Å².